The summed E-state index contributed by atoms with van der Waals surface area (Å²) in [7, 11) is 0. The lowest BCUT2D eigenvalue weighted by Gasteiger charge is -2.02. The number of hydrogen-bond donors (Lipinski definition) is 1. The van der Waals surface area contributed by atoms with E-state index in [1.165, 1.54) is 0 Å². The second kappa shape index (κ2) is 7.48. The van der Waals surface area contributed by atoms with E-state index in [4.69, 9.17) is 4.74 Å². The summed E-state index contributed by atoms with van der Waals surface area (Å²) >= 11 is 0. The molecule has 1 rings (SSSR count). The minimum atomic E-state index is -0.792. The molecule has 0 spiro atoms. The molecule has 0 saturated heterocycles. The monoisotopic (exact) mass is 232 g/mol. The third-order valence-corrected chi connectivity index (χ3v) is 2.08. The third-order valence-electron chi connectivity index (χ3n) is 2.08. The van der Waals surface area contributed by atoms with Gasteiger partial charge in [-0.2, -0.15) is 0 Å². The van der Waals surface area contributed by atoms with Crippen LogP contribution in [0.1, 0.15) is 25.3 Å². The van der Waals surface area contributed by atoms with Crippen molar-refractivity contribution in [3.8, 4) is 11.8 Å². The van der Waals surface area contributed by atoms with Crippen LogP contribution in [0.5, 0.6) is 0 Å². The molecule has 3 nitrogen and oxygen atoms in total. The van der Waals surface area contributed by atoms with Crippen molar-refractivity contribution >= 4 is 5.97 Å². The number of aliphatic hydroxyl groups is 1. The zero-order chi connectivity index (χ0) is 12.5. The lowest BCUT2D eigenvalue weighted by atomic mass is 10.1. The lowest BCUT2D eigenvalue weighted by molar-refractivity contribution is -0.143. The van der Waals surface area contributed by atoms with Gasteiger partial charge >= 0.3 is 5.97 Å². The second-order valence-electron chi connectivity index (χ2n) is 3.49. The average molecular weight is 232 g/mol. The van der Waals surface area contributed by atoms with Gasteiger partial charge in [0.15, 0.2) is 0 Å². The summed E-state index contributed by atoms with van der Waals surface area (Å²) in [4.78, 5) is 11.0. The molecule has 90 valence electrons. The number of rotatable bonds is 4. The summed E-state index contributed by atoms with van der Waals surface area (Å²) < 4.78 is 4.76. The van der Waals surface area contributed by atoms with Crippen LogP contribution in [0.3, 0.4) is 0 Å². The maximum Gasteiger partial charge on any atom is 0.305 e. The van der Waals surface area contributed by atoms with Crippen LogP contribution < -0.4 is 0 Å². The van der Waals surface area contributed by atoms with Crippen molar-refractivity contribution < 1.29 is 14.6 Å². The normalized spacial score (nSPS) is 11.2. The van der Waals surface area contributed by atoms with Gasteiger partial charge in [0.25, 0.3) is 0 Å². The molecule has 1 atom stereocenters. The minimum Gasteiger partial charge on any atom is -0.466 e. The third kappa shape index (κ3) is 5.74. The average Bonchev–Trinajstić information content (AvgIpc) is 2.35. The van der Waals surface area contributed by atoms with Gasteiger partial charge in [0, 0.05) is 12.0 Å². The van der Waals surface area contributed by atoms with E-state index in [1.807, 2.05) is 30.3 Å². The summed E-state index contributed by atoms with van der Waals surface area (Å²) in [5, 5.41) is 9.55. The van der Waals surface area contributed by atoms with Crippen LogP contribution in [-0.2, 0) is 9.53 Å². The quantitative estimate of drug-likeness (QED) is 0.635. The van der Waals surface area contributed by atoms with Crippen molar-refractivity contribution in [2.24, 2.45) is 0 Å². The van der Waals surface area contributed by atoms with E-state index < -0.39 is 6.10 Å². The van der Waals surface area contributed by atoms with Crippen molar-refractivity contribution in [1.82, 2.24) is 0 Å². The van der Waals surface area contributed by atoms with Crippen LogP contribution in [0.15, 0.2) is 30.3 Å². The highest BCUT2D eigenvalue weighted by Gasteiger charge is 2.05. The van der Waals surface area contributed by atoms with Gasteiger partial charge < -0.3 is 9.84 Å². The highest BCUT2D eigenvalue weighted by molar-refractivity contribution is 5.69. The van der Waals surface area contributed by atoms with Gasteiger partial charge in [0.05, 0.1) is 6.61 Å². The van der Waals surface area contributed by atoms with Crippen molar-refractivity contribution in [3.63, 3.8) is 0 Å². The van der Waals surface area contributed by atoms with E-state index in [0.717, 1.165) is 5.56 Å². The Morgan fingerprint density at radius 2 is 2.12 bits per heavy atom. The van der Waals surface area contributed by atoms with Gasteiger partial charge in [-0.25, -0.2) is 0 Å². The summed E-state index contributed by atoms with van der Waals surface area (Å²) in [6.45, 7) is 2.12. The first kappa shape index (κ1) is 13.3. The van der Waals surface area contributed by atoms with Gasteiger partial charge in [-0.1, -0.05) is 30.0 Å². The lowest BCUT2D eigenvalue weighted by Crippen LogP contribution is -2.09. The van der Waals surface area contributed by atoms with Crippen molar-refractivity contribution in [2.75, 3.05) is 6.61 Å². The Labute approximate surface area is 101 Å². The Morgan fingerprint density at radius 1 is 1.41 bits per heavy atom. The zero-order valence-corrected chi connectivity index (χ0v) is 9.85. The largest absolute Gasteiger partial charge is 0.466 e. The SMILES string of the molecule is CCOC(=O)CC[C@@H](O)C#Cc1ccccc1. The fourth-order valence-corrected chi connectivity index (χ4v) is 1.25. The zero-order valence-electron chi connectivity index (χ0n) is 9.85. The highest BCUT2D eigenvalue weighted by atomic mass is 16.5. The summed E-state index contributed by atoms with van der Waals surface area (Å²) in [5.74, 6) is 5.24. The smallest absolute Gasteiger partial charge is 0.305 e. The van der Waals surface area contributed by atoms with Gasteiger partial charge in [-0.3, -0.25) is 4.79 Å². The topological polar surface area (TPSA) is 46.5 Å². The molecule has 1 N–H and O–H groups in total. The molecule has 3 heteroatoms. The molecular weight excluding hydrogens is 216 g/mol. The Hall–Kier alpha value is -1.79. The van der Waals surface area contributed by atoms with Crippen molar-refractivity contribution in [1.29, 1.82) is 0 Å². The molecular formula is C14H16O3. The van der Waals surface area contributed by atoms with Crippen LogP contribution in [0, 0.1) is 11.8 Å². The van der Waals surface area contributed by atoms with E-state index in [-0.39, 0.29) is 12.4 Å². The Kier molecular flexibility index (Phi) is 5.84. The Bertz CT molecular complexity index is 400. The molecule has 0 saturated carbocycles. The van der Waals surface area contributed by atoms with Crippen LogP contribution in [0.4, 0.5) is 0 Å². The van der Waals surface area contributed by atoms with Gasteiger partial charge in [-0.05, 0) is 25.5 Å². The number of benzene rings is 1. The molecule has 0 heterocycles. The summed E-state index contributed by atoms with van der Waals surface area (Å²) in [5.41, 5.74) is 0.850. The number of ether oxygens (including phenoxy) is 1. The first-order valence-electron chi connectivity index (χ1n) is 5.62. The van der Waals surface area contributed by atoms with E-state index in [1.54, 1.807) is 6.92 Å². The predicted molar refractivity (Wildman–Crippen MR) is 65.2 cm³/mol. The first-order chi connectivity index (χ1) is 8.22. The molecule has 0 unspecified atom stereocenters. The highest BCUT2D eigenvalue weighted by Crippen LogP contribution is 2.00. The molecule has 0 aliphatic carbocycles. The number of carbonyl (C=O) groups is 1. The van der Waals surface area contributed by atoms with Crippen molar-refractivity contribution in [3.05, 3.63) is 35.9 Å². The van der Waals surface area contributed by atoms with Gasteiger partial charge in [-0.15, -0.1) is 0 Å². The molecule has 0 bridgehead atoms. The summed E-state index contributed by atoms with van der Waals surface area (Å²) in [6.07, 6.45) is -0.295. The van der Waals surface area contributed by atoms with Crippen LogP contribution in [-0.4, -0.2) is 23.8 Å². The molecule has 0 aromatic heterocycles. The molecule has 0 amide bonds. The molecule has 1 aromatic carbocycles. The number of aliphatic hydroxyl groups excluding tert-OH is 1. The van der Waals surface area contributed by atoms with Crippen LogP contribution in [0.2, 0.25) is 0 Å². The van der Waals surface area contributed by atoms with Crippen molar-refractivity contribution in [2.45, 2.75) is 25.9 Å². The fraction of sp³-hybridized carbons (Fsp3) is 0.357. The van der Waals surface area contributed by atoms with E-state index in [0.29, 0.717) is 13.0 Å². The second-order valence-corrected chi connectivity index (χ2v) is 3.49. The van der Waals surface area contributed by atoms with Gasteiger partial charge in [0.2, 0.25) is 0 Å². The predicted octanol–water partition coefficient (Wildman–Crippen LogP) is 1.74. The van der Waals surface area contributed by atoms with Crippen LogP contribution >= 0.6 is 0 Å². The molecule has 0 fully saturated rings. The molecule has 17 heavy (non-hydrogen) atoms. The molecule has 0 aliphatic rings. The number of hydrogen-bond acceptors (Lipinski definition) is 3. The number of esters is 1. The Morgan fingerprint density at radius 3 is 2.76 bits per heavy atom. The summed E-state index contributed by atoms with van der Waals surface area (Å²) in [6, 6.07) is 9.41. The van der Waals surface area contributed by atoms with E-state index in [2.05, 4.69) is 11.8 Å². The maximum absolute atomic E-state index is 11.0. The number of carbonyl (C=O) groups excluding carboxylic acids is 1. The molecule has 0 aliphatic heterocycles. The molecule has 1 aromatic rings. The minimum absolute atomic E-state index is 0.193. The Balaban J connectivity index is 2.37. The molecule has 0 radical (unpaired) electrons. The first-order valence-corrected chi connectivity index (χ1v) is 5.62. The maximum atomic E-state index is 11.0. The van der Waals surface area contributed by atoms with Gasteiger partial charge in [0.1, 0.15) is 6.10 Å². The van der Waals surface area contributed by atoms with E-state index >= 15 is 0 Å². The standard InChI is InChI=1S/C14H16O3/c1-2-17-14(16)11-10-13(15)9-8-12-6-4-3-5-7-12/h3-7,13,15H,2,10-11H2,1H3/t13-/m0/s1. The van der Waals surface area contributed by atoms with Crippen LogP contribution in [0.25, 0.3) is 0 Å². The fourth-order valence-electron chi connectivity index (χ4n) is 1.25. The van der Waals surface area contributed by atoms with E-state index in [9.17, 15) is 9.90 Å².